The summed E-state index contributed by atoms with van der Waals surface area (Å²) in [6.45, 7) is 2.00. The topological polar surface area (TPSA) is 24.9 Å². The quantitative estimate of drug-likeness (QED) is 0.802. The van der Waals surface area contributed by atoms with Crippen LogP contribution in [0.25, 0.3) is 0 Å². The molecule has 4 heteroatoms. The highest BCUT2D eigenvalue weighted by molar-refractivity contribution is 6.34. The molecule has 1 saturated carbocycles. The summed E-state index contributed by atoms with van der Waals surface area (Å²) in [5, 5.41) is 4.38. The van der Waals surface area contributed by atoms with E-state index in [1.165, 1.54) is 5.56 Å². The predicted molar refractivity (Wildman–Crippen MR) is 84.8 cm³/mol. The van der Waals surface area contributed by atoms with Crippen LogP contribution in [0.3, 0.4) is 0 Å². The smallest absolute Gasteiger partial charge is 0.154 e. The van der Waals surface area contributed by atoms with Gasteiger partial charge in [0.15, 0.2) is 5.15 Å². The molecule has 20 heavy (non-hydrogen) atoms. The number of nitrogens with zero attached hydrogens (tertiary/aromatic N) is 1. The van der Waals surface area contributed by atoms with Crippen LogP contribution in [0.1, 0.15) is 29.9 Å². The molecule has 0 saturated heterocycles. The van der Waals surface area contributed by atoms with E-state index in [0.717, 1.165) is 24.1 Å². The van der Waals surface area contributed by atoms with Crippen molar-refractivity contribution in [2.75, 3.05) is 5.32 Å². The van der Waals surface area contributed by atoms with E-state index in [9.17, 15) is 0 Å². The second-order valence-electron chi connectivity index (χ2n) is 5.35. The van der Waals surface area contributed by atoms with Crippen molar-refractivity contribution in [3.63, 3.8) is 0 Å². The third kappa shape index (κ3) is 2.77. The highest BCUT2D eigenvalue weighted by atomic mass is 35.5. The van der Waals surface area contributed by atoms with Crippen LogP contribution in [0.5, 0.6) is 0 Å². The summed E-state index contributed by atoms with van der Waals surface area (Å²) in [6.07, 6.45) is 2.25. The lowest BCUT2D eigenvalue weighted by atomic mass is 9.76. The fourth-order valence-electron chi connectivity index (χ4n) is 2.71. The van der Waals surface area contributed by atoms with E-state index in [4.69, 9.17) is 23.2 Å². The molecule has 0 atom stereocenters. The first-order valence-electron chi connectivity index (χ1n) is 6.77. The van der Waals surface area contributed by atoms with Crippen LogP contribution in [-0.2, 0) is 0 Å². The van der Waals surface area contributed by atoms with Crippen molar-refractivity contribution < 1.29 is 0 Å². The Balaban J connectivity index is 1.65. The van der Waals surface area contributed by atoms with E-state index in [2.05, 4.69) is 40.6 Å². The van der Waals surface area contributed by atoms with Crippen molar-refractivity contribution in [2.45, 2.75) is 31.7 Å². The predicted octanol–water partition coefficient (Wildman–Crippen LogP) is 5.05. The summed E-state index contributed by atoms with van der Waals surface area (Å²) < 4.78 is 0. The number of hydrogen-bond donors (Lipinski definition) is 1. The molecule has 104 valence electrons. The fourth-order valence-corrected chi connectivity index (χ4v) is 3.29. The van der Waals surface area contributed by atoms with Crippen molar-refractivity contribution >= 4 is 28.9 Å². The lowest BCUT2D eigenvalue weighted by Crippen LogP contribution is -2.34. The van der Waals surface area contributed by atoms with Gasteiger partial charge in [0.25, 0.3) is 0 Å². The number of halogens is 2. The Morgan fingerprint density at radius 1 is 1.15 bits per heavy atom. The summed E-state index contributed by atoms with van der Waals surface area (Å²) in [5.41, 5.74) is 3.37. The molecular formula is C16H16Cl2N2. The molecule has 2 nitrogen and oxygen atoms in total. The molecule has 2 aromatic rings. The zero-order chi connectivity index (χ0) is 14.1. The number of benzene rings is 1. The van der Waals surface area contributed by atoms with Crippen LogP contribution in [0.2, 0.25) is 10.3 Å². The number of nitrogens with one attached hydrogen (secondary N) is 1. The number of hydrogen-bond acceptors (Lipinski definition) is 2. The van der Waals surface area contributed by atoms with Crippen molar-refractivity contribution in [3.8, 4) is 0 Å². The Kier molecular flexibility index (Phi) is 3.86. The lowest BCUT2D eigenvalue weighted by Gasteiger charge is -2.37. The molecule has 0 aliphatic heterocycles. The third-order valence-corrected chi connectivity index (χ3v) is 4.37. The molecule has 0 amide bonds. The van der Waals surface area contributed by atoms with Gasteiger partial charge in [-0.1, -0.05) is 53.5 Å². The molecule has 1 fully saturated rings. The molecule has 1 aliphatic rings. The Morgan fingerprint density at radius 3 is 2.50 bits per heavy atom. The lowest BCUT2D eigenvalue weighted by molar-refractivity contribution is 0.374. The van der Waals surface area contributed by atoms with Gasteiger partial charge in [-0.05, 0) is 42.9 Å². The number of aryl methyl sites for hydroxylation is 1. The van der Waals surface area contributed by atoms with Crippen LogP contribution in [0.15, 0.2) is 36.4 Å². The van der Waals surface area contributed by atoms with E-state index in [-0.39, 0.29) is 0 Å². The van der Waals surface area contributed by atoms with Crippen molar-refractivity contribution in [2.24, 2.45) is 0 Å². The van der Waals surface area contributed by atoms with E-state index in [1.807, 2.05) is 13.0 Å². The second-order valence-corrected chi connectivity index (χ2v) is 6.09. The maximum Gasteiger partial charge on any atom is 0.154 e. The molecule has 3 rings (SSSR count). The summed E-state index contributed by atoms with van der Waals surface area (Å²) in [4.78, 5) is 4.09. The van der Waals surface area contributed by atoms with Crippen LogP contribution < -0.4 is 5.32 Å². The van der Waals surface area contributed by atoms with Crippen molar-refractivity contribution in [1.82, 2.24) is 4.98 Å². The number of pyridine rings is 1. The molecule has 1 aromatic heterocycles. The average Bonchev–Trinajstić information content (AvgIpc) is 2.36. The van der Waals surface area contributed by atoms with Crippen LogP contribution in [0, 0.1) is 6.92 Å². The third-order valence-electron chi connectivity index (χ3n) is 3.90. The number of aromatic nitrogens is 1. The molecule has 1 N–H and O–H groups in total. The van der Waals surface area contributed by atoms with Crippen molar-refractivity contribution in [1.29, 1.82) is 0 Å². The van der Waals surface area contributed by atoms with Crippen molar-refractivity contribution in [3.05, 3.63) is 57.8 Å². The van der Waals surface area contributed by atoms with Gasteiger partial charge in [0.05, 0.1) is 5.69 Å². The SMILES string of the molecule is Cc1cc(Cl)nc(Cl)c1NC1CC(c2ccccc2)C1. The maximum absolute atomic E-state index is 6.16. The van der Waals surface area contributed by atoms with Gasteiger partial charge in [-0.15, -0.1) is 0 Å². The van der Waals surface area contributed by atoms with E-state index in [1.54, 1.807) is 0 Å². The van der Waals surface area contributed by atoms with Gasteiger partial charge >= 0.3 is 0 Å². The van der Waals surface area contributed by atoms with Gasteiger partial charge in [-0.25, -0.2) is 4.98 Å². The standard InChI is InChI=1S/C16H16Cl2N2/c1-10-7-14(17)20-16(18)15(10)19-13-8-12(9-13)11-5-3-2-4-6-11/h2-7,12-13,19H,8-9H2,1H3. The van der Waals surface area contributed by atoms with Gasteiger partial charge in [-0.2, -0.15) is 0 Å². The largest absolute Gasteiger partial charge is 0.380 e. The molecule has 1 heterocycles. The normalized spacial score (nSPS) is 21.4. The Morgan fingerprint density at radius 2 is 1.85 bits per heavy atom. The average molecular weight is 307 g/mol. The fraction of sp³-hybridized carbons (Fsp3) is 0.312. The maximum atomic E-state index is 6.16. The minimum Gasteiger partial charge on any atom is -0.380 e. The number of anilines is 1. The van der Waals surface area contributed by atoms with Crippen LogP contribution in [0.4, 0.5) is 5.69 Å². The van der Waals surface area contributed by atoms with Gasteiger partial charge < -0.3 is 5.32 Å². The minimum atomic E-state index is 0.439. The van der Waals surface area contributed by atoms with Gasteiger partial charge in [0, 0.05) is 6.04 Å². The van der Waals surface area contributed by atoms with Crippen LogP contribution >= 0.6 is 23.2 Å². The number of rotatable bonds is 3. The van der Waals surface area contributed by atoms with Crippen LogP contribution in [-0.4, -0.2) is 11.0 Å². The van der Waals surface area contributed by atoms with E-state index >= 15 is 0 Å². The molecule has 1 aliphatic carbocycles. The summed E-state index contributed by atoms with van der Waals surface area (Å²) in [6, 6.07) is 12.9. The molecule has 0 bridgehead atoms. The first-order valence-corrected chi connectivity index (χ1v) is 7.53. The Bertz CT molecular complexity index is 584. The second kappa shape index (κ2) is 5.63. The summed E-state index contributed by atoms with van der Waals surface area (Å²) in [5.74, 6) is 0.646. The summed E-state index contributed by atoms with van der Waals surface area (Å²) in [7, 11) is 0. The first-order chi connectivity index (χ1) is 9.63. The molecule has 0 radical (unpaired) electrons. The van der Waals surface area contributed by atoms with E-state index < -0.39 is 0 Å². The molecule has 0 unspecified atom stereocenters. The molecule has 0 spiro atoms. The Labute approximate surface area is 129 Å². The van der Waals surface area contributed by atoms with Gasteiger partial charge in [0.2, 0.25) is 0 Å². The van der Waals surface area contributed by atoms with Gasteiger partial charge in [-0.3, -0.25) is 0 Å². The molecular weight excluding hydrogens is 291 g/mol. The molecule has 1 aromatic carbocycles. The monoisotopic (exact) mass is 306 g/mol. The first kappa shape index (κ1) is 13.7. The minimum absolute atomic E-state index is 0.439. The highest BCUT2D eigenvalue weighted by Gasteiger charge is 2.30. The highest BCUT2D eigenvalue weighted by Crippen LogP contribution is 2.39. The van der Waals surface area contributed by atoms with E-state index in [0.29, 0.717) is 22.3 Å². The van der Waals surface area contributed by atoms with Gasteiger partial charge in [0.1, 0.15) is 5.15 Å². The zero-order valence-electron chi connectivity index (χ0n) is 11.2. The summed E-state index contributed by atoms with van der Waals surface area (Å²) >= 11 is 12.0. The Hall–Kier alpha value is -1.25. The zero-order valence-corrected chi connectivity index (χ0v) is 12.7.